The van der Waals surface area contributed by atoms with Gasteiger partial charge in [-0.05, 0) is 49.6 Å². The molecule has 12 heteroatoms. The number of alkyl halides is 3. The number of fused-ring (bicyclic) bond motifs is 1. The number of hydrogen-bond acceptors (Lipinski definition) is 6. The highest BCUT2D eigenvalue weighted by Gasteiger charge is 2.32. The first-order valence-electron chi connectivity index (χ1n) is 13.2. The Hall–Kier alpha value is -4.74. The van der Waals surface area contributed by atoms with E-state index in [1.165, 1.54) is 18.2 Å². The second kappa shape index (κ2) is 12.2. The Morgan fingerprint density at radius 2 is 1.83 bits per heavy atom. The van der Waals surface area contributed by atoms with Crippen molar-refractivity contribution in [3.63, 3.8) is 0 Å². The summed E-state index contributed by atoms with van der Waals surface area (Å²) in [7, 11) is 0. The van der Waals surface area contributed by atoms with Crippen LogP contribution in [0.2, 0.25) is 0 Å². The molecule has 1 aliphatic heterocycles. The van der Waals surface area contributed by atoms with E-state index in [0.29, 0.717) is 29.1 Å². The van der Waals surface area contributed by atoms with E-state index < -0.39 is 17.6 Å². The number of piperidine rings is 1. The van der Waals surface area contributed by atoms with Crippen molar-refractivity contribution in [1.29, 1.82) is 0 Å². The number of nitrogens with two attached hydrogens (primary N) is 1. The lowest BCUT2D eigenvalue weighted by molar-refractivity contribution is -0.137. The number of carbonyl (C=O) groups excluding carboxylic acids is 2. The number of nitrogens with zero attached hydrogens (tertiary/aromatic N) is 5. The SMILES string of the molecule is C=CC(=O)N1CCCC[C@H]1c1nc(-c2ccc(C(=O)Nc3cc(C(F)(F)F)ccn3)cc2)c2c(N)nccn12.CC. The zero-order valence-electron chi connectivity index (χ0n) is 22.7. The zero-order chi connectivity index (χ0) is 29.7. The minimum Gasteiger partial charge on any atom is -0.382 e. The first-order chi connectivity index (χ1) is 19.7. The predicted octanol–water partition coefficient (Wildman–Crippen LogP) is 5.91. The van der Waals surface area contributed by atoms with Crippen molar-refractivity contribution in [2.75, 3.05) is 17.6 Å². The van der Waals surface area contributed by atoms with Crippen LogP contribution in [0.25, 0.3) is 16.8 Å². The van der Waals surface area contributed by atoms with E-state index >= 15 is 0 Å². The van der Waals surface area contributed by atoms with Gasteiger partial charge in [0.25, 0.3) is 5.91 Å². The van der Waals surface area contributed by atoms with Crippen LogP contribution in [0.3, 0.4) is 0 Å². The molecule has 0 unspecified atom stereocenters. The predicted molar refractivity (Wildman–Crippen MR) is 150 cm³/mol. The molecule has 0 radical (unpaired) electrons. The van der Waals surface area contributed by atoms with Crippen LogP contribution in [-0.2, 0) is 11.0 Å². The number of hydrogen-bond donors (Lipinski definition) is 2. The molecule has 9 nitrogen and oxygen atoms in total. The molecule has 214 valence electrons. The molecule has 1 aliphatic rings. The van der Waals surface area contributed by atoms with Gasteiger partial charge in [0.15, 0.2) is 0 Å². The zero-order valence-corrected chi connectivity index (χ0v) is 22.7. The summed E-state index contributed by atoms with van der Waals surface area (Å²) in [5.74, 6) is -0.118. The molecule has 1 aromatic carbocycles. The van der Waals surface area contributed by atoms with E-state index in [4.69, 9.17) is 10.7 Å². The molecule has 0 aliphatic carbocycles. The van der Waals surface area contributed by atoms with Crippen molar-refractivity contribution in [2.24, 2.45) is 0 Å². The topological polar surface area (TPSA) is 119 Å². The highest BCUT2D eigenvalue weighted by Crippen LogP contribution is 2.36. The number of nitrogens with one attached hydrogen (secondary N) is 1. The molecular formula is C29H30F3N7O2. The summed E-state index contributed by atoms with van der Waals surface area (Å²) in [6, 6.07) is 7.72. The maximum absolute atomic E-state index is 13.0. The van der Waals surface area contributed by atoms with Crippen molar-refractivity contribution >= 4 is 29.0 Å². The average Bonchev–Trinajstić information content (AvgIpc) is 3.38. The van der Waals surface area contributed by atoms with Gasteiger partial charge in [0.1, 0.15) is 28.7 Å². The third-order valence-electron chi connectivity index (χ3n) is 6.62. The van der Waals surface area contributed by atoms with Gasteiger partial charge in [-0.3, -0.25) is 14.0 Å². The van der Waals surface area contributed by atoms with Crippen LogP contribution in [0, 0.1) is 0 Å². The highest BCUT2D eigenvalue weighted by molar-refractivity contribution is 6.04. The summed E-state index contributed by atoms with van der Waals surface area (Å²) >= 11 is 0. The second-order valence-electron chi connectivity index (χ2n) is 9.06. The number of rotatable bonds is 5. The lowest BCUT2D eigenvalue weighted by atomic mass is 10.0. The van der Waals surface area contributed by atoms with Gasteiger partial charge < -0.3 is 16.0 Å². The summed E-state index contributed by atoms with van der Waals surface area (Å²) in [6.07, 6.45) is 3.57. The van der Waals surface area contributed by atoms with Gasteiger partial charge in [-0.15, -0.1) is 0 Å². The largest absolute Gasteiger partial charge is 0.416 e. The van der Waals surface area contributed by atoms with E-state index in [2.05, 4.69) is 21.9 Å². The lowest BCUT2D eigenvalue weighted by Crippen LogP contribution is -2.38. The van der Waals surface area contributed by atoms with Crippen LogP contribution < -0.4 is 11.1 Å². The van der Waals surface area contributed by atoms with Crippen LogP contribution in [0.4, 0.5) is 24.8 Å². The molecular weight excluding hydrogens is 535 g/mol. The van der Waals surface area contributed by atoms with Gasteiger partial charge in [-0.2, -0.15) is 13.2 Å². The van der Waals surface area contributed by atoms with Crippen molar-refractivity contribution < 1.29 is 22.8 Å². The number of carbonyl (C=O) groups is 2. The monoisotopic (exact) mass is 565 g/mol. The van der Waals surface area contributed by atoms with Gasteiger partial charge in [0, 0.05) is 36.3 Å². The highest BCUT2D eigenvalue weighted by atomic mass is 19.4. The van der Waals surface area contributed by atoms with Gasteiger partial charge in [0.05, 0.1) is 11.6 Å². The van der Waals surface area contributed by atoms with Gasteiger partial charge in [0.2, 0.25) is 5.91 Å². The number of halogens is 3. The van der Waals surface area contributed by atoms with Gasteiger partial charge >= 0.3 is 6.18 Å². The second-order valence-corrected chi connectivity index (χ2v) is 9.06. The number of likely N-dealkylation sites (tertiary alicyclic amines) is 1. The summed E-state index contributed by atoms with van der Waals surface area (Å²) in [5, 5.41) is 2.39. The number of imidazole rings is 1. The van der Waals surface area contributed by atoms with E-state index in [0.717, 1.165) is 37.6 Å². The summed E-state index contributed by atoms with van der Waals surface area (Å²) in [6.45, 7) is 8.21. The van der Waals surface area contributed by atoms with E-state index in [9.17, 15) is 22.8 Å². The number of aromatic nitrogens is 4. The molecule has 4 heterocycles. The third kappa shape index (κ3) is 6.06. The van der Waals surface area contributed by atoms with E-state index in [-0.39, 0.29) is 29.1 Å². The Labute approximate surface area is 234 Å². The Kier molecular flexibility index (Phi) is 8.70. The quantitative estimate of drug-likeness (QED) is 0.291. The van der Waals surface area contributed by atoms with E-state index in [1.54, 1.807) is 29.4 Å². The van der Waals surface area contributed by atoms with Crippen LogP contribution >= 0.6 is 0 Å². The van der Waals surface area contributed by atoms with Crippen molar-refractivity contribution in [3.05, 3.63) is 84.6 Å². The molecule has 0 saturated carbocycles. The summed E-state index contributed by atoms with van der Waals surface area (Å²) < 4.78 is 40.8. The summed E-state index contributed by atoms with van der Waals surface area (Å²) in [4.78, 5) is 39.9. The number of anilines is 2. The van der Waals surface area contributed by atoms with E-state index in [1.807, 2.05) is 18.2 Å². The van der Waals surface area contributed by atoms with Crippen LogP contribution in [0.5, 0.6) is 0 Å². The molecule has 4 aromatic rings. The third-order valence-corrected chi connectivity index (χ3v) is 6.62. The van der Waals surface area contributed by atoms with Crippen LogP contribution in [0.1, 0.15) is 60.9 Å². The molecule has 0 spiro atoms. The Morgan fingerprint density at radius 1 is 1.10 bits per heavy atom. The molecule has 41 heavy (non-hydrogen) atoms. The van der Waals surface area contributed by atoms with Crippen molar-refractivity contribution in [2.45, 2.75) is 45.3 Å². The molecule has 3 N–H and O–H groups in total. The first-order valence-corrected chi connectivity index (χ1v) is 13.2. The molecule has 5 rings (SSSR count). The molecule has 1 atom stereocenters. The maximum Gasteiger partial charge on any atom is 0.416 e. The molecule has 1 fully saturated rings. The smallest absolute Gasteiger partial charge is 0.382 e. The number of amides is 2. The minimum atomic E-state index is -4.55. The minimum absolute atomic E-state index is 0.175. The first kappa shape index (κ1) is 29.2. The Morgan fingerprint density at radius 3 is 2.51 bits per heavy atom. The number of pyridine rings is 1. The molecule has 0 bridgehead atoms. The van der Waals surface area contributed by atoms with Crippen molar-refractivity contribution in [1.82, 2.24) is 24.3 Å². The Balaban J connectivity index is 0.00000189. The molecule has 1 saturated heterocycles. The fraction of sp³-hybridized carbons (Fsp3) is 0.276. The Bertz CT molecular complexity index is 1570. The van der Waals surface area contributed by atoms with Crippen LogP contribution in [0.15, 0.2) is 67.6 Å². The standard InChI is InChI=1S/C27H24F3N7O2.C2H6/c1-2-21(38)36-13-4-3-5-19(36)25-35-22(23-24(31)33-12-14-37(23)25)16-6-8-17(9-7-16)26(39)34-20-15-18(10-11-32-20)27(28,29)30;1-2/h2,6-12,14-15,19H,1,3-5,13H2,(H2,31,33)(H,32,34,39);1-2H3/t19-;/m0./s1. The van der Waals surface area contributed by atoms with Crippen molar-refractivity contribution in [3.8, 4) is 11.3 Å². The maximum atomic E-state index is 13.0. The summed E-state index contributed by atoms with van der Waals surface area (Å²) in [5.41, 5.74) is 7.28. The normalized spacial score (nSPS) is 15.1. The molecule has 2 amide bonds. The fourth-order valence-electron chi connectivity index (χ4n) is 4.75. The average molecular weight is 566 g/mol. The fourth-order valence-corrected chi connectivity index (χ4v) is 4.75. The number of benzene rings is 1. The van der Waals surface area contributed by atoms with Crippen LogP contribution in [-0.4, -0.2) is 42.6 Å². The lowest BCUT2D eigenvalue weighted by Gasteiger charge is -2.34. The number of nitrogen functional groups attached to an aromatic ring is 1. The van der Waals surface area contributed by atoms with Gasteiger partial charge in [-0.25, -0.2) is 15.0 Å². The van der Waals surface area contributed by atoms with Gasteiger partial charge in [-0.1, -0.05) is 32.6 Å². The molecule has 3 aromatic heterocycles.